The van der Waals surface area contributed by atoms with Crippen LogP contribution in [0.2, 0.25) is 0 Å². The Morgan fingerprint density at radius 1 is 1.16 bits per heavy atom. The van der Waals surface area contributed by atoms with E-state index in [1.807, 2.05) is 6.07 Å². The van der Waals surface area contributed by atoms with E-state index < -0.39 is 6.67 Å². The highest BCUT2D eigenvalue weighted by molar-refractivity contribution is 5.63. The first-order valence-corrected chi connectivity index (χ1v) is 7.52. The number of alkyl halides is 1. The Morgan fingerprint density at radius 2 is 1.92 bits per heavy atom. The Balaban J connectivity index is 1.87. The van der Waals surface area contributed by atoms with Gasteiger partial charge >= 0.3 is 0 Å². The van der Waals surface area contributed by atoms with Crippen LogP contribution in [0.4, 0.5) is 4.39 Å². The maximum atomic E-state index is 12.2. The molecule has 1 aromatic heterocycles. The largest absolute Gasteiger partial charge is 0.489 e. The molecule has 7 heteroatoms. The van der Waals surface area contributed by atoms with Crippen molar-refractivity contribution in [2.45, 2.75) is 6.61 Å². The minimum Gasteiger partial charge on any atom is -0.489 e. The number of rotatable bonds is 6. The molecule has 126 valence electrons. The van der Waals surface area contributed by atoms with Crippen molar-refractivity contribution in [3.8, 4) is 34.7 Å². The summed E-state index contributed by atoms with van der Waals surface area (Å²) in [6, 6.07) is 13.9. The number of benzene rings is 2. The molecule has 0 saturated heterocycles. The minimum absolute atomic E-state index is 0.0362. The molecule has 3 aromatic rings. The predicted molar refractivity (Wildman–Crippen MR) is 87.3 cm³/mol. The van der Waals surface area contributed by atoms with Crippen LogP contribution >= 0.6 is 0 Å². The molecule has 0 saturated carbocycles. The molecule has 0 aliphatic heterocycles. The van der Waals surface area contributed by atoms with E-state index in [1.54, 1.807) is 42.5 Å². The maximum absolute atomic E-state index is 12.2. The molecular weight excluding hydrogens is 324 g/mol. The highest BCUT2D eigenvalue weighted by atomic mass is 18.2. The standard InChI is InChI=1S/C18H14FN3O3/c19-7-8-24-16-6-5-14(9-15(16)10-20)18-21-17(22-25-18)13-3-1-12(11-23)2-4-13/h1-6,9,23H,7-8,11H2/i19-1. The molecule has 1 N–H and O–H groups in total. The molecule has 1 heterocycles. The Hall–Kier alpha value is -3.24. The minimum atomic E-state index is -0.630. The van der Waals surface area contributed by atoms with Crippen molar-refractivity contribution in [3.05, 3.63) is 53.6 Å². The van der Waals surface area contributed by atoms with E-state index in [2.05, 4.69) is 10.1 Å². The van der Waals surface area contributed by atoms with E-state index in [9.17, 15) is 9.65 Å². The Morgan fingerprint density at radius 3 is 2.60 bits per heavy atom. The highest BCUT2D eigenvalue weighted by Crippen LogP contribution is 2.27. The van der Waals surface area contributed by atoms with Gasteiger partial charge in [-0.2, -0.15) is 10.2 Å². The summed E-state index contributed by atoms with van der Waals surface area (Å²) in [5.74, 6) is 0.966. The maximum Gasteiger partial charge on any atom is 0.258 e. The summed E-state index contributed by atoms with van der Waals surface area (Å²) in [6.45, 7) is -0.775. The second kappa shape index (κ2) is 7.55. The van der Waals surface area contributed by atoms with Crippen LogP contribution in [-0.2, 0) is 6.61 Å². The fourth-order valence-electron chi connectivity index (χ4n) is 2.24. The van der Waals surface area contributed by atoms with Crippen molar-refractivity contribution in [2.75, 3.05) is 13.3 Å². The van der Waals surface area contributed by atoms with Crippen molar-refractivity contribution in [1.29, 1.82) is 5.26 Å². The summed E-state index contributed by atoms with van der Waals surface area (Å²) in [5.41, 5.74) is 2.36. The highest BCUT2D eigenvalue weighted by Gasteiger charge is 2.13. The zero-order valence-electron chi connectivity index (χ0n) is 13.1. The first-order chi connectivity index (χ1) is 12.2. The molecule has 0 aliphatic rings. The Labute approximate surface area is 143 Å². The Kier molecular flexibility index (Phi) is 5.02. The molecule has 2 aromatic carbocycles. The molecule has 0 amide bonds. The van der Waals surface area contributed by atoms with Crippen molar-refractivity contribution in [3.63, 3.8) is 0 Å². The van der Waals surface area contributed by atoms with E-state index in [-0.39, 0.29) is 24.7 Å². The van der Waals surface area contributed by atoms with Crippen LogP contribution in [0.3, 0.4) is 0 Å². The lowest BCUT2D eigenvalue weighted by Gasteiger charge is -2.06. The van der Waals surface area contributed by atoms with Gasteiger partial charge in [-0.1, -0.05) is 29.4 Å². The zero-order valence-corrected chi connectivity index (χ0v) is 13.1. The van der Waals surface area contributed by atoms with Crippen LogP contribution in [0.1, 0.15) is 11.1 Å². The molecular formula is C18H14FN3O3. The summed E-state index contributed by atoms with van der Waals surface area (Å²) in [6.07, 6.45) is 0. The van der Waals surface area contributed by atoms with Crippen LogP contribution in [0.15, 0.2) is 47.0 Å². The lowest BCUT2D eigenvalue weighted by atomic mass is 10.1. The first kappa shape index (κ1) is 16.6. The molecule has 0 spiro atoms. The summed E-state index contributed by atoms with van der Waals surface area (Å²) in [7, 11) is 0. The van der Waals surface area contributed by atoms with Crippen LogP contribution in [0.5, 0.6) is 5.75 Å². The SMILES string of the molecule is N#Cc1cc(-c2nc(-c3ccc(CO)cc3)no2)ccc1OCC[18F]. The number of nitrogens with zero attached hydrogens (tertiary/aromatic N) is 3. The molecule has 3 rings (SSSR count). The molecule has 0 fully saturated rings. The molecule has 0 aliphatic carbocycles. The third-order valence-corrected chi connectivity index (χ3v) is 3.50. The van der Waals surface area contributed by atoms with Gasteiger partial charge in [-0.15, -0.1) is 0 Å². The molecule has 25 heavy (non-hydrogen) atoms. The van der Waals surface area contributed by atoms with Crippen molar-refractivity contribution in [2.24, 2.45) is 0 Å². The fraction of sp³-hybridized carbons (Fsp3) is 0.167. The van der Waals surface area contributed by atoms with Gasteiger partial charge in [0.25, 0.3) is 5.89 Å². The second-order valence-electron chi connectivity index (χ2n) is 5.14. The number of hydrogen-bond donors (Lipinski definition) is 1. The number of aliphatic hydroxyl groups excluding tert-OH is 1. The van der Waals surface area contributed by atoms with E-state index in [4.69, 9.17) is 14.4 Å². The van der Waals surface area contributed by atoms with Gasteiger partial charge in [0.15, 0.2) is 0 Å². The number of halogens is 1. The first-order valence-electron chi connectivity index (χ1n) is 7.52. The van der Waals surface area contributed by atoms with Crippen LogP contribution in [0, 0.1) is 11.3 Å². The fourth-order valence-corrected chi connectivity index (χ4v) is 2.24. The summed E-state index contributed by atoms with van der Waals surface area (Å²) in [4.78, 5) is 4.32. The van der Waals surface area contributed by atoms with Crippen molar-refractivity contribution < 1.29 is 18.8 Å². The number of aliphatic hydroxyl groups is 1. The predicted octanol–water partition coefficient (Wildman–Crippen LogP) is 3.12. The quantitative estimate of drug-likeness (QED) is 0.742. The normalized spacial score (nSPS) is 10.4. The lowest BCUT2D eigenvalue weighted by Crippen LogP contribution is -2.00. The zero-order chi connectivity index (χ0) is 17.6. The van der Waals surface area contributed by atoms with Gasteiger partial charge in [0, 0.05) is 11.1 Å². The van der Waals surface area contributed by atoms with Crippen LogP contribution in [-0.4, -0.2) is 28.5 Å². The number of hydrogen-bond acceptors (Lipinski definition) is 6. The van der Waals surface area contributed by atoms with Crippen LogP contribution < -0.4 is 4.74 Å². The number of ether oxygens (including phenoxy) is 1. The summed E-state index contributed by atoms with van der Waals surface area (Å²) < 4.78 is 22.7. The van der Waals surface area contributed by atoms with E-state index in [0.29, 0.717) is 17.1 Å². The Bertz CT molecular complexity index is 901. The number of aromatic nitrogens is 2. The van der Waals surface area contributed by atoms with Gasteiger partial charge in [-0.05, 0) is 23.8 Å². The van der Waals surface area contributed by atoms with Crippen LogP contribution in [0.25, 0.3) is 22.8 Å². The molecule has 0 bridgehead atoms. The summed E-state index contributed by atoms with van der Waals surface area (Å²) >= 11 is 0. The van der Waals surface area contributed by atoms with Gasteiger partial charge in [-0.3, -0.25) is 0 Å². The smallest absolute Gasteiger partial charge is 0.258 e. The van der Waals surface area contributed by atoms with Gasteiger partial charge in [-0.25, -0.2) is 4.39 Å². The third-order valence-electron chi connectivity index (χ3n) is 3.50. The summed E-state index contributed by atoms with van der Waals surface area (Å²) in [5, 5.41) is 22.2. The molecule has 0 radical (unpaired) electrons. The molecule has 0 unspecified atom stereocenters. The van der Waals surface area contributed by atoms with Gasteiger partial charge in [0.2, 0.25) is 5.82 Å². The van der Waals surface area contributed by atoms with Gasteiger partial charge in [0.1, 0.15) is 25.1 Å². The third kappa shape index (κ3) is 3.65. The molecule has 6 nitrogen and oxygen atoms in total. The van der Waals surface area contributed by atoms with E-state index in [1.165, 1.54) is 0 Å². The van der Waals surface area contributed by atoms with Gasteiger partial charge in [0.05, 0.1) is 12.2 Å². The average Bonchev–Trinajstić information content (AvgIpc) is 3.16. The monoisotopic (exact) mass is 338 g/mol. The van der Waals surface area contributed by atoms with Gasteiger partial charge < -0.3 is 14.4 Å². The van der Waals surface area contributed by atoms with E-state index in [0.717, 1.165) is 11.1 Å². The number of nitriles is 1. The topological polar surface area (TPSA) is 92.2 Å². The average molecular weight is 338 g/mol. The second-order valence-corrected chi connectivity index (χ2v) is 5.14. The lowest BCUT2D eigenvalue weighted by molar-refractivity contribution is 0.272. The van der Waals surface area contributed by atoms with Crippen molar-refractivity contribution in [1.82, 2.24) is 10.1 Å². The van der Waals surface area contributed by atoms with E-state index >= 15 is 0 Å². The molecule has 0 atom stereocenters. The van der Waals surface area contributed by atoms with Crippen molar-refractivity contribution >= 4 is 0 Å².